The molecule has 6 nitrogen and oxygen atoms in total. The SMILES string of the molecule is CS(=O)(=O)CNc1c(-c2ccccc2)nc2ccccc2c1C(=O)O. The van der Waals surface area contributed by atoms with E-state index in [0.717, 1.165) is 6.26 Å². The third-order valence-electron chi connectivity index (χ3n) is 3.66. The van der Waals surface area contributed by atoms with Gasteiger partial charge in [0.2, 0.25) is 0 Å². The van der Waals surface area contributed by atoms with E-state index in [-0.39, 0.29) is 17.1 Å². The van der Waals surface area contributed by atoms with Crippen LogP contribution in [0.4, 0.5) is 5.69 Å². The second-order valence-electron chi connectivity index (χ2n) is 5.65. The average molecular weight is 356 g/mol. The molecule has 1 heterocycles. The fourth-order valence-electron chi connectivity index (χ4n) is 2.61. The lowest BCUT2D eigenvalue weighted by molar-refractivity contribution is 0.0700. The van der Waals surface area contributed by atoms with E-state index in [1.165, 1.54) is 0 Å². The molecule has 2 N–H and O–H groups in total. The van der Waals surface area contributed by atoms with Gasteiger partial charge in [-0.25, -0.2) is 18.2 Å². The first-order chi connectivity index (χ1) is 11.9. The maximum Gasteiger partial charge on any atom is 0.338 e. The van der Waals surface area contributed by atoms with Crippen LogP contribution < -0.4 is 5.32 Å². The van der Waals surface area contributed by atoms with Crippen molar-refractivity contribution in [1.82, 2.24) is 4.98 Å². The molecule has 0 aliphatic carbocycles. The van der Waals surface area contributed by atoms with Crippen LogP contribution in [0.5, 0.6) is 0 Å². The van der Waals surface area contributed by atoms with Gasteiger partial charge in [-0.1, -0.05) is 48.5 Å². The van der Waals surface area contributed by atoms with Gasteiger partial charge in [-0.15, -0.1) is 0 Å². The molecule has 0 aliphatic rings. The number of hydrogen-bond donors (Lipinski definition) is 2. The summed E-state index contributed by atoms with van der Waals surface area (Å²) in [6.07, 6.45) is 1.08. The fourth-order valence-corrected chi connectivity index (χ4v) is 3.02. The summed E-state index contributed by atoms with van der Waals surface area (Å²) in [5.41, 5.74) is 1.84. The fraction of sp³-hybridized carbons (Fsp3) is 0.111. The minimum Gasteiger partial charge on any atom is -0.478 e. The standard InChI is InChI=1S/C18H16N2O4S/c1-25(23,24)11-19-17-15(18(21)22)13-9-5-6-10-14(13)20-16(17)12-7-3-2-4-8-12/h2-10,19H,11H2,1H3,(H,21,22). The van der Waals surface area contributed by atoms with Crippen LogP contribution >= 0.6 is 0 Å². The number of anilines is 1. The molecule has 0 atom stereocenters. The normalized spacial score (nSPS) is 11.4. The lowest BCUT2D eigenvalue weighted by Gasteiger charge is -2.16. The van der Waals surface area contributed by atoms with Gasteiger partial charge in [0.05, 0.1) is 22.5 Å². The summed E-state index contributed by atoms with van der Waals surface area (Å²) in [5.74, 6) is -1.53. The van der Waals surface area contributed by atoms with Crippen molar-refractivity contribution in [3.05, 3.63) is 60.2 Å². The third-order valence-corrected chi connectivity index (χ3v) is 4.33. The van der Waals surface area contributed by atoms with Gasteiger partial charge in [0.15, 0.2) is 9.84 Å². The van der Waals surface area contributed by atoms with Gasteiger partial charge in [0, 0.05) is 17.2 Å². The summed E-state index contributed by atoms with van der Waals surface area (Å²) in [6, 6.07) is 16.0. The van der Waals surface area contributed by atoms with Crippen molar-refractivity contribution in [2.75, 3.05) is 17.4 Å². The van der Waals surface area contributed by atoms with E-state index in [1.807, 2.05) is 18.2 Å². The van der Waals surface area contributed by atoms with Crippen LogP contribution in [-0.4, -0.2) is 36.6 Å². The van der Waals surface area contributed by atoms with Crippen molar-refractivity contribution in [1.29, 1.82) is 0 Å². The minimum absolute atomic E-state index is 0.00750. The number of carboxylic acids is 1. The van der Waals surface area contributed by atoms with E-state index in [4.69, 9.17) is 0 Å². The number of carbonyl (C=O) groups is 1. The van der Waals surface area contributed by atoms with Gasteiger partial charge in [0.1, 0.15) is 5.88 Å². The van der Waals surface area contributed by atoms with E-state index in [9.17, 15) is 18.3 Å². The van der Waals surface area contributed by atoms with E-state index in [0.29, 0.717) is 22.2 Å². The van der Waals surface area contributed by atoms with Gasteiger partial charge >= 0.3 is 5.97 Å². The summed E-state index contributed by atoms with van der Waals surface area (Å²) in [5, 5.41) is 13.0. The summed E-state index contributed by atoms with van der Waals surface area (Å²) in [6.45, 7) is 0. The number of hydrogen-bond acceptors (Lipinski definition) is 5. The van der Waals surface area contributed by atoms with Gasteiger partial charge in [-0.2, -0.15) is 0 Å². The number of sulfone groups is 1. The second-order valence-corrected chi connectivity index (χ2v) is 7.79. The Morgan fingerprint density at radius 1 is 1.08 bits per heavy atom. The van der Waals surface area contributed by atoms with Gasteiger partial charge < -0.3 is 10.4 Å². The van der Waals surface area contributed by atoms with Crippen molar-refractivity contribution in [3.63, 3.8) is 0 Å². The Morgan fingerprint density at radius 2 is 1.72 bits per heavy atom. The average Bonchev–Trinajstić information content (AvgIpc) is 2.58. The Morgan fingerprint density at radius 3 is 2.36 bits per heavy atom. The second kappa shape index (κ2) is 6.52. The quantitative estimate of drug-likeness (QED) is 0.729. The summed E-state index contributed by atoms with van der Waals surface area (Å²) in [7, 11) is -3.35. The number of nitrogens with one attached hydrogen (secondary N) is 1. The predicted octanol–water partition coefficient (Wildman–Crippen LogP) is 3.01. The van der Waals surface area contributed by atoms with E-state index >= 15 is 0 Å². The molecule has 0 unspecified atom stereocenters. The van der Waals surface area contributed by atoms with Crippen molar-refractivity contribution in [3.8, 4) is 11.3 Å². The Labute approximate surface area is 145 Å². The van der Waals surface area contributed by atoms with Crippen LogP contribution in [0, 0.1) is 0 Å². The monoisotopic (exact) mass is 356 g/mol. The molecular weight excluding hydrogens is 340 g/mol. The number of carboxylic acid groups (broad SMARTS) is 1. The molecular formula is C18H16N2O4S. The molecule has 0 amide bonds. The van der Waals surface area contributed by atoms with Gasteiger partial charge in [0.25, 0.3) is 0 Å². The number of fused-ring (bicyclic) bond motifs is 1. The smallest absolute Gasteiger partial charge is 0.338 e. The zero-order valence-electron chi connectivity index (χ0n) is 13.4. The van der Waals surface area contributed by atoms with Crippen LogP contribution in [0.3, 0.4) is 0 Å². The lowest BCUT2D eigenvalue weighted by Crippen LogP contribution is -2.16. The van der Waals surface area contributed by atoms with Crippen molar-refractivity contribution in [2.45, 2.75) is 0 Å². The number of aromatic carboxylic acids is 1. The molecule has 3 rings (SSSR count). The number of nitrogens with zero attached hydrogens (tertiary/aromatic N) is 1. The van der Waals surface area contributed by atoms with Crippen molar-refractivity contribution < 1.29 is 18.3 Å². The zero-order valence-corrected chi connectivity index (χ0v) is 14.2. The molecule has 1 aromatic heterocycles. The van der Waals surface area contributed by atoms with Gasteiger partial charge in [-0.05, 0) is 6.07 Å². The molecule has 25 heavy (non-hydrogen) atoms. The Hall–Kier alpha value is -2.93. The van der Waals surface area contributed by atoms with Crippen LogP contribution in [0.15, 0.2) is 54.6 Å². The molecule has 7 heteroatoms. The Balaban J connectivity index is 2.33. The summed E-state index contributed by atoms with van der Waals surface area (Å²) in [4.78, 5) is 16.5. The molecule has 128 valence electrons. The molecule has 3 aromatic rings. The number of aromatic nitrogens is 1. The van der Waals surface area contributed by atoms with Gasteiger partial charge in [-0.3, -0.25) is 0 Å². The molecule has 0 spiro atoms. The number of pyridine rings is 1. The number of rotatable bonds is 5. The van der Waals surface area contributed by atoms with E-state index in [2.05, 4.69) is 10.3 Å². The molecule has 0 saturated heterocycles. The van der Waals surface area contributed by atoms with Crippen molar-refractivity contribution in [2.24, 2.45) is 0 Å². The predicted molar refractivity (Wildman–Crippen MR) is 97.5 cm³/mol. The lowest BCUT2D eigenvalue weighted by atomic mass is 10.0. The highest BCUT2D eigenvalue weighted by Crippen LogP contribution is 2.34. The van der Waals surface area contributed by atoms with Crippen LogP contribution in [0.2, 0.25) is 0 Å². The van der Waals surface area contributed by atoms with Crippen LogP contribution in [0.25, 0.3) is 22.2 Å². The molecule has 0 bridgehead atoms. The first-order valence-electron chi connectivity index (χ1n) is 7.50. The highest BCUT2D eigenvalue weighted by Gasteiger charge is 2.21. The molecule has 0 aliphatic heterocycles. The number of benzene rings is 2. The molecule has 0 saturated carbocycles. The zero-order chi connectivity index (χ0) is 18.0. The third kappa shape index (κ3) is 3.61. The topological polar surface area (TPSA) is 96.4 Å². The first-order valence-corrected chi connectivity index (χ1v) is 9.56. The highest BCUT2D eigenvalue weighted by molar-refractivity contribution is 7.90. The Bertz CT molecular complexity index is 1050. The Kier molecular flexibility index (Phi) is 4.41. The molecule has 0 radical (unpaired) electrons. The maximum atomic E-state index is 11.9. The van der Waals surface area contributed by atoms with Crippen LogP contribution in [0.1, 0.15) is 10.4 Å². The molecule has 2 aromatic carbocycles. The maximum absolute atomic E-state index is 11.9. The first kappa shape index (κ1) is 16.9. The number of para-hydroxylation sites is 1. The summed E-state index contributed by atoms with van der Waals surface area (Å²) < 4.78 is 23.1. The largest absolute Gasteiger partial charge is 0.478 e. The van der Waals surface area contributed by atoms with Crippen LogP contribution in [-0.2, 0) is 9.84 Å². The minimum atomic E-state index is -3.35. The van der Waals surface area contributed by atoms with Crippen molar-refractivity contribution >= 4 is 32.4 Å². The highest BCUT2D eigenvalue weighted by atomic mass is 32.2. The molecule has 0 fully saturated rings. The summed E-state index contributed by atoms with van der Waals surface area (Å²) >= 11 is 0. The van der Waals surface area contributed by atoms with E-state index < -0.39 is 15.8 Å². The van der Waals surface area contributed by atoms with E-state index in [1.54, 1.807) is 36.4 Å².